The third kappa shape index (κ3) is 4.66. The van der Waals surface area contributed by atoms with Crippen LogP contribution in [0.25, 0.3) is 11.4 Å². The van der Waals surface area contributed by atoms with E-state index in [-0.39, 0.29) is 28.7 Å². The van der Waals surface area contributed by atoms with Crippen molar-refractivity contribution in [3.63, 3.8) is 0 Å². The van der Waals surface area contributed by atoms with E-state index in [0.29, 0.717) is 0 Å². The molecule has 28 heavy (non-hydrogen) atoms. The normalized spacial score (nSPS) is 11.3. The first kappa shape index (κ1) is 19.8. The SMILES string of the molecule is CCOC(=O)c1nnc(-c2cccc(C(F)(F)F)c2)nc1Sc1ccccc1. The number of nitrogens with zero attached hydrogens (tertiary/aromatic N) is 3. The minimum atomic E-state index is -4.49. The van der Waals surface area contributed by atoms with Crippen molar-refractivity contribution in [2.75, 3.05) is 6.61 Å². The van der Waals surface area contributed by atoms with E-state index in [0.717, 1.165) is 28.8 Å². The topological polar surface area (TPSA) is 65.0 Å². The van der Waals surface area contributed by atoms with Gasteiger partial charge >= 0.3 is 12.1 Å². The molecule has 2 aromatic carbocycles. The molecule has 0 aliphatic carbocycles. The molecule has 0 fully saturated rings. The predicted molar refractivity (Wildman–Crippen MR) is 96.8 cm³/mol. The molecule has 0 unspecified atom stereocenters. The Kier molecular flexibility index (Phi) is 5.93. The molecule has 0 N–H and O–H groups in total. The Labute approximate surface area is 163 Å². The molecule has 0 saturated carbocycles. The molecule has 3 rings (SSSR count). The maximum Gasteiger partial charge on any atom is 0.416 e. The lowest BCUT2D eigenvalue weighted by molar-refractivity contribution is -0.137. The summed E-state index contributed by atoms with van der Waals surface area (Å²) in [5, 5.41) is 7.91. The molecule has 0 atom stereocenters. The summed E-state index contributed by atoms with van der Waals surface area (Å²) in [6.45, 7) is 1.80. The van der Waals surface area contributed by atoms with Crippen LogP contribution in [0.2, 0.25) is 0 Å². The molecule has 1 aromatic heterocycles. The van der Waals surface area contributed by atoms with Gasteiger partial charge in [-0.15, -0.1) is 10.2 Å². The van der Waals surface area contributed by atoms with Crippen LogP contribution in [0.15, 0.2) is 64.5 Å². The second-order valence-corrected chi connectivity index (χ2v) is 6.57. The lowest BCUT2D eigenvalue weighted by Crippen LogP contribution is -2.12. The average molecular weight is 405 g/mol. The number of hydrogen-bond acceptors (Lipinski definition) is 6. The molecule has 0 bridgehead atoms. The fourth-order valence-electron chi connectivity index (χ4n) is 2.27. The fraction of sp³-hybridized carbons (Fsp3) is 0.158. The number of ether oxygens (including phenoxy) is 1. The van der Waals surface area contributed by atoms with E-state index >= 15 is 0 Å². The quantitative estimate of drug-likeness (QED) is 0.564. The Morgan fingerprint density at radius 3 is 2.50 bits per heavy atom. The minimum Gasteiger partial charge on any atom is -0.461 e. The monoisotopic (exact) mass is 405 g/mol. The highest BCUT2D eigenvalue weighted by Crippen LogP contribution is 2.33. The Hall–Kier alpha value is -2.94. The molecular formula is C19H14F3N3O2S. The highest BCUT2D eigenvalue weighted by molar-refractivity contribution is 7.99. The number of alkyl halides is 3. The number of carbonyl (C=O) groups excluding carboxylic acids is 1. The van der Waals surface area contributed by atoms with Gasteiger partial charge in [-0.25, -0.2) is 9.78 Å². The van der Waals surface area contributed by atoms with Crippen LogP contribution in [-0.2, 0) is 10.9 Å². The third-order valence-corrected chi connectivity index (χ3v) is 4.52. The number of carbonyl (C=O) groups is 1. The van der Waals surface area contributed by atoms with Gasteiger partial charge in [-0.3, -0.25) is 0 Å². The first-order valence-electron chi connectivity index (χ1n) is 8.21. The second-order valence-electron chi connectivity index (χ2n) is 5.50. The summed E-state index contributed by atoms with van der Waals surface area (Å²) in [6.07, 6.45) is -4.49. The summed E-state index contributed by atoms with van der Waals surface area (Å²) < 4.78 is 43.9. The summed E-state index contributed by atoms with van der Waals surface area (Å²) in [5.41, 5.74) is -0.764. The van der Waals surface area contributed by atoms with Crippen LogP contribution >= 0.6 is 11.8 Å². The van der Waals surface area contributed by atoms with E-state index in [2.05, 4.69) is 15.2 Å². The first-order chi connectivity index (χ1) is 13.4. The molecule has 0 amide bonds. The van der Waals surface area contributed by atoms with E-state index in [1.807, 2.05) is 30.3 Å². The van der Waals surface area contributed by atoms with Crippen molar-refractivity contribution in [2.45, 2.75) is 23.0 Å². The lowest BCUT2D eigenvalue weighted by Gasteiger charge is -2.10. The number of esters is 1. The summed E-state index contributed by atoms with van der Waals surface area (Å²) in [6, 6.07) is 13.7. The molecule has 0 radical (unpaired) electrons. The molecule has 0 saturated heterocycles. The molecule has 1 heterocycles. The van der Waals surface area contributed by atoms with E-state index < -0.39 is 17.7 Å². The van der Waals surface area contributed by atoms with Gasteiger partial charge in [0.05, 0.1) is 12.2 Å². The molecule has 144 valence electrons. The van der Waals surface area contributed by atoms with Crippen molar-refractivity contribution < 1.29 is 22.7 Å². The molecule has 9 heteroatoms. The highest BCUT2D eigenvalue weighted by Gasteiger charge is 2.31. The first-order valence-corrected chi connectivity index (χ1v) is 9.02. The van der Waals surface area contributed by atoms with Crippen molar-refractivity contribution in [1.29, 1.82) is 0 Å². The van der Waals surface area contributed by atoms with Crippen molar-refractivity contribution >= 4 is 17.7 Å². The maximum absolute atomic E-state index is 13.0. The molecule has 0 aliphatic heterocycles. The van der Waals surface area contributed by atoms with Crippen LogP contribution in [0, 0.1) is 0 Å². The van der Waals surface area contributed by atoms with Crippen LogP contribution in [0.5, 0.6) is 0 Å². The predicted octanol–water partition coefficient (Wildman–Crippen LogP) is 4.89. The van der Waals surface area contributed by atoms with Gasteiger partial charge in [-0.2, -0.15) is 13.2 Å². The Morgan fingerprint density at radius 1 is 1.07 bits per heavy atom. The standard InChI is InChI=1S/C19H14F3N3O2S/c1-2-27-18(26)15-17(28-14-9-4-3-5-10-14)23-16(25-24-15)12-7-6-8-13(11-12)19(20,21)22/h3-11H,2H2,1H3. The van der Waals surface area contributed by atoms with Crippen molar-refractivity contribution in [3.8, 4) is 11.4 Å². The van der Waals surface area contributed by atoms with Gasteiger partial charge in [0.25, 0.3) is 0 Å². The van der Waals surface area contributed by atoms with E-state index in [1.54, 1.807) is 6.92 Å². The average Bonchev–Trinajstić information content (AvgIpc) is 2.68. The lowest BCUT2D eigenvalue weighted by atomic mass is 10.1. The number of aromatic nitrogens is 3. The van der Waals surface area contributed by atoms with Gasteiger partial charge in [-0.05, 0) is 31.2 Å². The summed E-state index contributed by atoms with van der Waals surface area (Å²) in [4.78, 5) is 17.2. The second kappa shape index (κ2) is 8.39. The molecule has 3 aromatic rings. The van der Waals surface area contributed by atoms with Crippen LogP contribution in [0.1, 0.15) is 23.0 Å². The van der Waals surface area contributed by atoms with Gasteiger partial charge in [0.1, 0.15) is 5.03 Å². The van der Waals surface area contributed by atoms with Crippen molar-refractivity contribution in [3.05, 3.63) is 65.9 Å². The van der Waals surface area contributed by atoms with E-state index in [1.165, 1.54) is 12.1 Å². The summed E-state index contributed by atoms with van der Waals surface area (Å²) >= 11 is 1.15. The van der Waals surface area contributed by atoms with Crippen molar-refractivity contribution in [2.24, 2.45) is 0 Å². The Morgan fingerprint density at radius 2 is 1.82 bits per heavy atom. The Balaban J connectivity index is 2.04. The number of rotatable bonds is 5. The summed E-state index contributed by atoms with van der Waals surface area (Å²) in [7, 11) is 0. The largest absolute Gasteiger partial charge is 0.461 e. The number of hydrogen-bond donors (Lipinski definition) is 0. The Bertz CT molecular complexity index is 982. The molecule has 0 spiro atoms. The zero-order valence-corrected chi connectivity index (χ0v) is 15.4. The van der Waals surface area contributed by atoms with Gasteiger partial charge in [0.15, 0.2) is 5.82 Å². The maximum atomic E-state index is 13.0. The van der Waals surface area contributed by atoms with Crippen LogP contribution in [0.3, 0.4) is 0 Å². The summed E-state index contributed by atoms with van der Waals surface area (Å²) in [5.74, 6) is -0.714. The molecule has 5 nitrogen and oxygen atoms in total. The zero-order valence-electron chi connectivity index (χ0n) is 14.6. The van der Waals surface area contributed by atoms with E-state index in [9.17, 15) is 18.0 Å². The van der Waals surface area contributed by atoms with Crippen LogP contribution < -0.4 is 0 Å². The van der Waals surface area contributed by atoms with Gasteiger partial charge in [0, 0.05) is 10.5 Å². The number of benzene rings is 2. The zero-order chi connectivity index (χ0) is 20.1. The molecule has 0 aliphatic rings. The van der Waals surface area contributed by atoms with Crippen LogP contribution in [-0.4, -0.2) is 27.8 Å². The smallest absolute Gasteiger partial charge is 0.416 e. The van der Waals surface area contributed by atoms with Crippen molar-refractivity contribution in [1.82, 2.24) is 15.2 Å². The third-order valence-electron chi connectivity index (χ3n) is 3.53. The fourth-order valence-corrected chi connectivity index (χ4v) is 3.14. The number of halogens is 3. The van der Waals surface area contributed by atoms with Gasteiger partial charge < -0.3 is 4.74 Å². The molecular weight excluding hydrogens is 391 g/mol. The van der Waals surface area contributed by atoms with E-state index in [4.69, 9.17) is 4.74 Å². The minimum absolute atomic E-state index is 0.0161. The highest BCUT2D eigenvalue weighted by atomic mass is 32.2. The van der Waals surface area contributed by atoms with Gasteiger partial charge in [-0.1, -0.05) is 42.1 Å². The van der Waals surface area contributed by atoms with Gasteiger partial charge in [0.2, 0.25) is 5.69 Å². The van der Waals surface area contributed by atoms with Crippen LogP contribution in [0.4, 0.5) is 13.2 Å².